The Kier molecular flexibility index (Phi) is 10.4. The highest BCUT2D eigenvalue weighted by Crippen LogP contribution is 2.26. The fourth-order valence-corrected chi connectivity index (χ4v) is 4.81. The molecule has 0 aliphatic carbocycles. The van der Waals surface area contributed by atoms with E-state index in [1.807, 2.05) is 12.1 Å². The van der Waals surface area contributed by atoms with Crippen LogP contribution in [0.3, 0.4) is 0 Å². The van der Waals surface area contributed by atoms with Crippen LogP contribution in [0.1, 0.15) is 65.2 Å². The molecular formula is C25H42ClN5. The Bertz CT molecular complexity index is 765. The van der Waals surface area contributed by atoms with Crippen molar-refractivity contribution in [2.45, 2.75) is 71.8 Å². The van der Waals surface area contributed by atoms with Crippen LogP contribution in [0.4, 0.5) is 5.82 Å². The summed E-state index contributed by atoms with van der Waals surface area (Å²) >= 11 is 6.29. The molecule has 5 nitrogen and oxygen atoms in total. The Balaban J connectivity index is 1.44. The van der Waals surface area contributed by atoms with Gasteiger partial charge in [0.25, 0.3) is 0 Å². The molecule has 2 aromatic rings. The van der Waals surface area contributed by atoms with Gasteiger partial charge < -0.3 is 15.1 Å². The second-order valence-corrected chi connectivity index (χ2v) is 9.29. The SMILES string of the molecule is CCN(CC)CCCn1nc(NCCCCCCN2CCCCC2)c2cc(Cl)ccc21. The van der Waals surface area contributed by atoms with Crippen LogP contribution in [0.2, 0.25) is 5.02 Å². The van der Waals surface area contributed by atoms with Gasteiger partial charge in [0.1, 0.15) is 0 Å². The van der Waals surface area contributed by atoms with Crippen molar-refractivity contribution in [1.29, 1.82) is 0 Å². The van der Waals surface area contributed by atoms with Crippen molar-refractivity contribution in [3.8, 4) is 0 Å². The van der Waals surface area contributed by atoms with Crippen molar-refractivity contribution in [2.75, 3.05) is 51.1 Å². The summed E-state index contributed by atoms with van der Waals surface area (Å²) in [6.45, 7) is 13.6. The normalized spacial score (nSPS) is 15.2. The number of hydrogen-bond acceptors (Lipinski definition) is 4. The Hall–Kier alpha value is -1.30. The predicted molar refractivity (Wildman–Crippen MR) is 134 cm³/mol. The number of piperidine rings is 1. The molecule has 0 spiro atoms. The Morgan fingerprint density at radius 1 is 0.968 bits per heavy atom. The molecular weight excluding hydrogens is 406 g/mol. The van der Waals surface area contributed by atoms with E-state index in [-0.39, 0.29) is 0 Å². The van der Waals surface area contributed by atoms with Gasteiger partial charge in [0.05, 0.1) is 5.52 Å². The molecule has 1 N–H and O–H groups in total. The average molecular weight is 448 g/mol. The maximum Gasteiger partial charge on any atom is 0.156 e. The molecule has 1 aromatic heterocycles. The number of halogens is 1. The second kappa shape index (κ2) is 13.3. The molecule has 0 amide bonds. The lowest BCUT2D eigenvalue weighted by Gasteiger charge is -2.26. The Morgan fingerprint density at radius 2 is 1.74 bits per heavy atom. The van der Waals surface area contributed by atoms with Crippen LogP contribution >= 0.6 is 11.6 Å². The third kappa shape index (κ3) is 7.65. The summed E-state index contributed by atoms with van der Waals surface area (Å²) in [5.74, 6) is 0.980. The lowest BCUT2D eigenvalue weighted by Crippen LogP contribution is -2.30. The summed E-state index contributed by atoms with van der Waals surface area (Å²) in [6, 6.07) is 6.12. The minimum Gasteiger partial charge on any atom is -0.368 e. The first kappa shape index (κ1) is 24.3. The van der Waals surface area contributed by atoms with Crippen molar-refractivity contribution in [3.05, 3.63) is 23.2 Å². The molecule has 0 radical (unpaired) electrons. The number of nitrogens with one attached hydrogen (secondary N) is 1. The van der Waals surface area contributed by atoms with E-state index in [0.717, 1.165) is 55.4 Å². The van der Waals surface area contributed by atoms with Crippen LogP contribution < -0.4 is 5.32 Å². The first-order valence-corrected chi connectivity index (χ1v) is 12.9. The van der Waals surface area contributed by atoms with Gasteiger partial charge in [0, 0.05) is 23.5 Å². The van der Waals surface area contributed by atoms with E-state index in [9.17, 15) is 0 Å². The molecule has 6 heteroatoms. The van der Waals surface area contributed by atoms with Crippen LogP contribution in [0.5, 0.6) is 0 Å². The van der Waals surface area contributed by atoms with Crippen molar-refractivity contribution >= 4 is 28.3 Å². The van der Waals surface area contributed by atoms with Crippen LogP contribution in [-0.2, 0) is 6.54 Å². The molecule has 0 saturated carbocycles. The summed E-state index contributed by atoms with van der Waals surface area (Å²) < 4.78 is 2.15. The number of likely N-dealkylation sites (tertiary alicyclic amines) is 1. The summed E-state index contributed by atoms with van der Waals surface area (Å²) in [4.78, 5) is 5.11. The molecule has 2 heterocycles. The van der Waals surface area contributed by atoms with E-state index < -0.39 is 0 Å². The number of fused-ring (bicyclic) bond motifs is 1. The zero-order chi connectivity index (χ0) is 21.9. The van der Waals surface area contributed by atoms with E-state index in [4.69, 9.17) is 16.7 Å². The molecule has 1 fully saturated rings. The van der Waals surface area contributed by atoms with Gasteiger partial charge in [-0.25, -0.2) is 0 Å². The standard InChI is InChI=1S/C25H42ClN5/c1-3-29(4-2)19-12-20-31-24-14-13-22(26)21-23(24)25(28-31)27-15-8-5-6-9-16-30-17-10-7-11-18-30/h13-14,21H,3-12,15-20H2,1-2H3,(H,27,28). The highest BCUT2D eigenvalue weighted by atomic mass is 35.5. The lowest BCUT2D eigenvalue weighted by atomic mass is 10.1. The summed E-state index contributed by atoms with van der Waals surface area (Å²) in [5, 5.41) is 10.4. The number of hydrogen-bond donors (Lipinski definition) is 1. The number of anilines is 1. The predicted octanol–water partition coefficient (Wildman–Crippen LogP) is 5.88. The van der Waals surface area contributed by atoms with Gasteiger partial charge in [-0.05, 0) is 89.6 Å². The summed E-state index contributed by atoms with van der Waals surface area (Å²) in [7, 11) is 0. The molecule has 3 rings (SSSR count). The number of aromatic nitrogens is 2. The average Bonchev–Trinajstić information content (AvgIpc) is 3.13. The van der Waals surface area contributed by atoms with E-state index in [2.05, 4.69) is 39.7 Å². The first-order chi connectivity index (χ1) is 15.2. The molecule has 0 atom stereocenters. The highest BCUT2D eigenvalue weighted by Gasteiger charge is 2.12. The first-order valence-electron chi connectivity index (χ1n) is 12.6. The van der Waals surface area contributed by atoms with Crippen molar-refractivity contribution in [1.82, 2.24) is 19.6 Å². The van der Waals surface area contributed by atoms with Crippen molar-refractivity contribution < 1.29 is 0 Å². The summed E-state index contributed by atoms with van der Waals surface area (Å²) in [6.07, 6.45) is 10.4. The van der Waals surface area contributed by atoms with Gasteiger partial charge in [0.2, 0.25) is 0 Å². The number of unbranched alkanes of at least 4 members (excludes halogenated alkanes) is 3. The van der Waals surface area contributed by atoms with Crippen LogP contribution in [0, 0.1) is 0 Å². The third-order valence-electron chi connectivity index (χ3n) is 6.59. The van der Waals surface area contributed by atoms with Crippen molar-refractivity contribution in [2.24, 2.45) is 0 Å². The molecule has 1 aliphatic rings. The van der Waals surface area contributed by atoms with Gasteiger partial charge in [-0.2, -0.15) is 5.10 Å². The fourth-order valence-electron chi connectivity index (χ4n) is 4.64. The van der Waals surface area contributed by atoms with Crippen LogP contribution in [0.25, 0.3) is 10.9 Å². The number of nitrogens with zero attached hydrogens (tertiary/aromatic N) is 4. The van der Waals surface area contributed by atoms with E-state index in [1.165, 1.54) is 70.1 Å². The minimum absolute atomic E-state index is 0.774. The lowest BCUT2D eigenvalue weighted by molar-refractivity contribution is 0.224. The zero-order valence-corrected chi connectivity index (χ0v) is 20.5. The molecule has 0 unspecified atom stereocenters. The van der Waals surface area contributed by atoms with Crippen LogP contribution in [0.15, 0.2) is 18.2 Å². The number of aryl methyl sites for hydroxylation is 1. The van der Waals surface area contributed by atoms with Crippen LogP contribution in [-0.4, -0.2) is 65.4 Å². The number of benzene rings is 1. The smallest absolute Gasteiger partial charge is 0.156 e. The fraction of sp³-hybridized carbons (Fsp3) is 0.720. The quantitative estimate of drug-likeness (QED) is 0.367. The molecule has 1 aliphatic heterocycles. The Labute approximate surface area is 194 Å². The maximum absolute atomic E-state index is 6.29. The van der Waals surface area contributed by atoms with E-state index in [0.29, 0.717) is 0 Å². The maximum atomic E-state index is 6.29. The van der Waals surface area contributed by atoms with E-state index in [1.54, 1.807) is 0 Å². The zero-order valence-electron chi connectivity index (χ0n) is 19.7. The van der Waals surface area contributed by atoms with Crippen molar-refractivity contribution in [3.63, 3.8) is 0 Å². The molecule has 1 aromatic carbocycles. The largest absolute Gasteiger partial charge is 0.368 e. The second-order valence-electron chi connectivity index (χ2n) is 8.86. The summed E-state index contributed by atoms with van der Waals surface area (Å²) in [5.41, 5.74) is 1.17. The molecule has 0 bridgehead atoms. The molecule has 31 heavy (non-hydrogen) atoms. The monoisotopic (exact) mass is 447 g/mol. The van der Waals surface area contributed by atoms with E-state index >= 15 is 0 Å². The topological polar surface area (TPSA) is 36.3 Å². The number of rotatable bonds is 14. The van der Waals surface area contributed by atoms with Gasteiger partial charge in [-0.3, -0.25) is 4.68 Å². The highest BCUT2D eigenvalue weighted by molar-refractivity contribution is 6.31. The van der Waals surface area contributed by atoms with Gasteiger partial charge in [-0.1, -0.05) is 44.7 Å². The van der Waals surface area contributed by atoms with Gasteiger partial charge in [-0.15, -0.1) is 0 Å². The Morgan fingerprint density at radius 3 is 2.52 bits per heavy atom. The van der Waals surface area contributed by atoms with Gasteiger partial charge >= 0.3 is 0 Å². The molecule has 174 valence electrons. The third-order valence-corrected chi connectivity index (χ3v) is 6.83. The minimum atomic E-state index is 0.774. The molecule has 1 saturated heterocycles. The van der Waals surface area contributed by atoms with Gasteiger partial charge in [0.15, 0.2) is 5.82 Å².